The van der Waals surface area contributed by atoms with E-state index in [4.69, 9.17) is 0 Å². The number of benzene rings is 1. The molecule has 0 fully saturated rings. The molecule has 0 radical (unpaired) electrons. The molecule has 2 rings (SSSR count). The molecule has 2 aromatic rings. The quantitative estimate of drug-likeness (QED) is 0.873. The lowest BCUT2D eigenvalue weighted by Gasteiger charge is -2.04. The Bertz CT molecular complexity index is 534. The summed E-state index contributed by atoms with van der Waals surface area (Å²) in [4.78, 5) is 15.2. The topological polar surface area (TPSA) is 56.1 Å². The SMILES string of the molecule is COC(=O)NCCc1ccc2c(c1)ncn2C. The molecule has 1 N–H and O–H groups in total. The molecule has 5 heteroatoms. The van der Waals surface area contributed by atoms with Crippen molar-refractivity contribution in [2.24, 2.45) is 7.05 Å². The third-order valence-corrected chi connectivity index (χ3v) is 2.66. The molecule has 5 nitrogen and oxygen atoms in total. The molecule has 0 aliphatic rings. The van der Waals surface area contributed by atoms with Gasteiger partial charge in [0.05, 0.1) is 24.5 Å². The molecule has 0 atom stereocenters. The summed E-state index contributed by atoms with van der Waals surface area (Å²) in [5, 5.41) is 2.65. The van der Waals surface area contributed by atoms with Crippen LogP contribution >= 0.6 is 0 Å². The van der Waals surface area contributed by atoms with Gasteiger partial charge in [-0.2, -0.15) is 0 Å². The molecule has 0 spiro atoms. The lowest BCUT2D eigenvalue weighted by atomic mass is 10.1. The minimum absolute atomic E-state index is 0.399. The van der Waals surface area contributed by atoms with Crippen LogP contribution in [0.15, 0.2) is 24.5 Å². The zero-order valence-corrected chi connectivity index (χ0v) is 9.93. The number of amides is 1. The predicted octanol–water partition coefficient (Wildman–Crippen LogP) is 1.47. The summed E-state index contributed by atoms with van der Waals surface area (Å²) in [5.41, 5.74) is 3.23. The van der Waals surface area contributed by atoms with Gasteiger partial charge in [0, 0.05) is 13.6 Å². The second-order valence-electron chi connectivity index (χ2n) is 3.85. The van der Waals surface area contributed by atoms with Crippen LogP contribution in [0.3, 0.4) is 0 Å². The summed E-state index contributed by atoms with van der Waals surface area (Å²) in [5.74, 6) is 0. The number of hydrogen-bond donors (Lipinski definition) is 1. The van der Waals surface area contributed by atoms with Gasteiger partial charge in [-0.15, -0.1) is 0 Å². The maximum Gasteiger partial charge on any atom is 0.406 e. The number of aryl methyl sites for hydroxylation is 1. The zero-order valence-electron chi connectivity index (χ0n) is 9.93. The average molecular weight is 233 g/mol. The molecular formula is C12H15N3O2. The standard InChI is InChI=1S/C12H15N3O2/c1-15-8-14-10-7-9(3-4-11(10)15)5-6-13-12(16)17-2/h3-4,7-8H,5-6H2,1-2H3,(H,13,16). The van der Waals surface area contributed by atoms with Crippen molar-refractivity contribution in [3.8, 4) is 0 Å². The van der Waals surface area contributed by atoms with Crippen molar-refractivity contribution in [3.05, 3.63) is 30.1 Å². The van der Waals surface area contributed by atoms with E-state index >= 15 is 0 Å². The van der Waals surface area contributed by atoms with Crippen molar-refractivity contribution < 1.29 is 9.53 Å². The zero-order chi connectivity index (χ0) is 12.3. The normalized spacial score (nSPS) is 10.5. The summed E-state index contributed by atoms with van der Waals surface area (Å²) in [6.07, 6.45) is 2.16. The maximum absolute atomic E-state index is 10.9. The first-order valence-corrected chi connectivity index (χ1v) is 5.42. The van der Waals surface area contributed by atoms with E-state index in [2.05, 4.69) is 15.0 Å². The Hall–Kier alpha value is -2.04. The Morgan fingerprint density at radius 2 is 2.35 bits per heavy atom. The van der Waals surface area contributed by atoms with Crippen molar-refractivity contribution >= 4 is 17.1 Å². The summed E-state index contributed by atoms with van der Waals surface area (Å²) >= 11 is 0. The maximum atomic E-state index is 10.9. The molecule has 1 amide bonds. The van der Waals surface area contributed by atoms with Crippen LogP contribution in [0.4, 0.5) is 4.79 Å². The molecule has 17 heavy (non-hydrogen) atoms. The van der Waals surface area contributed by atoms with E-state index in [1.54, 1.807) is 6.33 Å². The fourth-order valence-corrected chi connectivity index (χ4v) is 1.72. The van der Waals surface area contributed by atoms with Crippen LogP contribution in [-0.4, -0.2) is 29.3 Å². The predicted molar refractivity (Wildman–Crippen MR) is 64.8 cm³/mol. The van der Waals surface area contributed by atoms with Crippen molar-refractivity contribution in [2.75, 3.05) is 13.7 Å². The van der Waals surface area contributed by atoms with Gasteiger partial charge in [-0.3, -0.25) is 0 Å². The number of methoxy groups -OCH3 is 1. The van der Waals surface area contributed by atoms with Crippen LogP contribution < -0.4 is 5.32 Å². The van der Waals surface area contributed by atoms with E-state index in [0.29, 0.717) is 6.54 Å². The number of nitrogens with zero attached hydrogens (tertiary/aromatic N) is 2. The van der Waals surface area contributed by atoms with Gasteiger partial charge in [-0.1, -0.05) is 6.07 Å². The number of alkyl carbamates (subject to hydrolysis) is 1. The molecule has 1 aromatic carbocycles. The van der Waals surface area contributed by atoms with Crippen LogP contribution in [0.2, 0.25) is 0 Å². The molecule has 0 bridgehead atoms. The first kappa shape index (κ1) is 11.4. The number of aromatic nitrogens is 2. The van der Waals surface area contributed by atoms with Crippen LogP contribution in [0.25, 0.3) is 11.0 Å². The fourth-order valence-electron chi connectivity index (χ4n) is 1.72. The van der Waals surface area contributed by atoms with E-state index in [1.165, 1.54) is 7.11 Å². The number of imidazole rings is 1. The smallest absolute Gasteiger partial charge is 0.406 e. The monoisotopic (exact) mass is 233 g/mol. The second-order valence-corrected chi connectivity index (χ2v) is 3.85. The summed E-state index contributed by atoms with van der Waals surface area (Å²) in [6.45, 7) is 0.561. The van der Waals surface area contributed by atoms with Gasteiger partial charge in [0.1, 0.15) is 0 Å². The van der Waals surface area contributed by atoms with Crippen molar-refractivity contribution in [2.45, 2.75) is 6.42 Å². The van der Waals surface area contributed by atoms with E-state index < -0.39 is 6.09 Å². The first-order chi connectivity index (χ1) is 8.20. The molecule has 1 heterocycles. The summed E-state index contributed by atoms with van der Waals surface area (Å²) < 4.78 is 6.47. The van der Waals surface area contributed by atoms with Crippen molar-refractivity contribution in [3.63, 3.8) is 0 Å². The van der Waals surface area contributed by atoms with E-state index in [1.807, 2.05) is 29.8 Å². The number of rotatable bonds is 3. The molecule has 0 unspecified atom stereocenters. The van der Waals surface area contributed by atoms with Crippen molar-refractivity contribution in [1.82, 2.24) is 14.9 Å². The molecule has 0 saturated heterocycles. The minimum Gasteiger partial charge on any atom is -0.453 e. The number of fused-ring (bicyclic) bond motifs is 1. The summed E-state index contributed by atoms with van der Waals surface area (Å²) in [7, 11) is 3.32. The van der Waals surface area contributed by atoms with Crippen LogP contribution in [0.5, 0.6) is 0 Å². The number of carbonyl (C=O) groups is 1. The first-order valence-electron chi connectivity index (χ1n) is 5.42. The van der Waals surface area contributed by atoms with E-state index in [-0.39, 0.29) is 0 Å². The van der Waals surface area contributed by atoms with Crippen LogP contribution in [-0.2, 0) is 18.2 Å². The molecule has 0 aliphatic carbocycles. The Morgan fingerprint density at radius 1 is 1.53 bits per heavy atom. The van der Waals surface area contributed by atoms with E-state index in [0.717, 1.165) is 23.0 Å². The van der Waals surface area contributed by atoms with Gasteiger partial charge in [-0.05, 0) is 24.1 Å². The van der Waals surface area contributed by atoms with Gasteiger partial charge in [0.25, 0.3) is 0 Å². The Morgan fingerprint density at radius 3 is 3.12 bits per heavy atom. The molecular weight excluding hydrogens is 218 g/mol. The van der Waals surface area contributed by atoms with Crippen LogP contribution in [0, 0.1) is 0 Å². The van der Waals surface area contributed by atoms with Gasteiger partial charge >= 0.3 is 6.09 Å². The molecule has 90 valence electrons. The lowest BCUT2D eigenvalue weighted by Crippen LogP contribution is -2.25. The number of ether oxygens (including phenoxy) is 1. The second kappa shape index (κ2) is 4.86. The van der Waals surface area contributed by atoms with Gasteiger partial charge in [-0.25, -0.2) is 9.78 Å². The highest BCUT2D eigenvalue weighted by Gasteiger charge is 2.02. The van der Waals surface area contributed by atoms with Gasteiger partial charge in [0.2, 0.25) is 0 Å². The molecule has 0 saturated carbocycles. The average Bonchev–Trinajstić information content (AvgIpc) is 2.70. The molecule has 0 aliphatic heterocycles. The van der Waals surface area contributed by atoms with Gasteiger partial charge < -0.3 is 14.6 Å². The molecule has 1 aromatic heterocycles. The van der Waals surface area contributed by atoms with Gasteiger partial charge in [0.15, 0.2) is 0 Å². The highest BCUT2D eigenvalue weighted by Crippen LogP contribution is 2.13. The number of nitrogens with one attached hydrogen (secondary N) is 1. The minimum atomic E-state index is -0.399. The Kier molecular flexibility index (Phi) is 3.27. The van der Waals surface area contributed by atoms with Crippen molar-refractivity contribution in [1.29, 1.82) is 0 Å². The third kappa shape index (κ3) is 2.55. The Labute approximate surface area is 99.4 Å². The third-order valence-electron chi connectivity index (χ3n) is 2.66. The fraction of sp³-hybridized carbons (Fsp3) is 0.333. The van der Waals surface area contributed by atoms with Crippen LogP contribution in [0.1, 0.15) is 5.56 Å². The van der Waals surface area contributed by atoms with E-state index in [9.17, 15) is 4.79 Å². The summed E-state index contributed by atoms with van der Waals surface area (Å²) in [6, 6.07) is 6.12. The number of hydrogen-bond acceptors (Lipinski definition) is 3. The largest absolute Gasteiger partial charge is 0.453 e. The number of carbonyl (C=O) groups excluding carboxylic acids is 1. The highest BCUT2D eigenvalue weighted by atomic mass is 16.5. The lowest BCUT2D eigenvalue weighted by molar-refractivity contribution is 0.171. The Balaban J connectivity index is 2.02. The highest BCUT2D eigenvalue weighted by molar-refractivity contribution is 5.76.